The molecule has 0 aromatic rings. The Kier molecular flexibility index (Phi) is 2.84. The fourth-order valence-electron chi connectivity index (χ4n) is 1.45. The van der Waals surface area contributed by atoms with Crippen LogP contribution >= 0.6 is 0 Å². The third-order valence-electron chi connectivity index (χ3n) is 2.23. The van der Waals surface area contributed by atoms with Crippen molar-refractivity contribution in [2.75, 3.05) is 20.1 Å². The van der Waals surface area contributed by atoms with Crippen LogP contribution in [0.3, 0.4) is 0 Å². The lowest BCUT2D eigenvalue weighted by atomic mass is 9.93. The van der Waals surface area contributed by atoms with Gasteiger partial charge in [-0.2, -0.15) is 5.26 Å². The molecule has 1 rings (SSSR count). The van der Waals surface area contributed by atoms with Crippen LogP contribution < -0.4 is 0 Å². The minimum absolute atomic E-state index is 0.0174. The van der Waals surface area contributed by atoms with E-state index in [2.05, 4.69) is 0 Å². The molecule has 0 N–H and O–H groups in total. The van der Waals surface area contributed by atoms with Gasteiger partial charge in [0.2, 0.25) is 0 Å². The molecule has 3 heteroatoms. The molecule has 2 atom stereocenters. The van der Waals surface area contributed by atoms with E-state index in [1.165, 1.54) is 0 Å². The highest BCUT2D eigenvalue weighted by Gasteiger charge is 2.26. The molecule has 0 spiro atoms. The predicted octanol–water partition coefficient (Wildman–Crippen LogP) is 1.19. The molecule has 11 heavy (non-hydrogen) atoms. The van der Waals surface area contributed by atoms with Gasteiger partial charge in [0, 0.05) is 18.9 Å². The summed E-state index contributed by atoms with van der Waals surface area (Å²) in [5.74, 6) is -0.0174. The summed E-state index contributed by atoms with van der Waals surface area (Å²) in [4.78, 5) is 1.97. The maximum Gasteiger partial charge on any atom is 0.117 e. The molecule has 62 valence electrons. The van der Waals surface area contributed by atoms with Crippen LogP contribution in [0.4, 0.5) is 4.39 Å². The van der Waals surface area contributed by atoms with Gasteiger partial charge in [0.15, 0.2) is 0 Å². The van der Waals surface area contributed by atoms with E-state index in [0.717, 1.165) is 13.0 Å². The van der Waals surface area contributed by atoms with Crippen molar-refractivity contribution in [3.63, 3.8) is 0 Å². The Hall–Kier alpha value is -0.620. The Bertz CT molecular complexity index is 164. The monoisotopic (exact) mass is 156 g/mol. The minimum atomic E-state index is -0.798. The van der Waals surface area contributed by atoms with Gasteiger partial charge in [-0.15, -0.1) is 0 Å². The summed E-state index contributed by atoms with van der Waals surface area (Å²) < 4.78 is 13.1. The third kappa shape index (κ3) is 2.16. The van der Waals surface area contributed by atoms with Crippen LogP contribution in [0, 0.1) is 17.2 Å². The molecule has 0 bridgehead atoms. The zero-order valence-corrected chi connectivity index (χ0v) is 6.76. The third-order valence-corrected chi connectivity index (χ3v) is 2.23. The Balaban J connectivity index is 2.39. The Morgan fingerprint density at radius 2 is 2.45 bits per heavy atom. The minimum Gasteiger partial charge on any atom is -0.303 e. The highest BCUT2D eigenvalue weighted by Crippen LogP contribution is 2.21. The van der Waals surface area contributed by atoms with Crippen LogP contribution in [-0.2, 0) is 0 Å². The van der Waals surface area contributed by atoms with Crippen molar-refractivity contribution >= 4 is 0 Å². The SMILES string of the molecule is CN1CCC(CC#N)C(F)C1. The second-order valence-corrected chi connectivity index (χ2v) is 3.19. The van der Waals surface area contributed by atoms with E-state index in [-0.39, 0.29) is 5.92 Å². The number of nitrogens with zero attached hydrogens (tertiary/aromatic N) is 2. The van der Waals surface area contributed by atoms with E-state index >= 15 is 0 Å². The lowest BCUT2D eigenvalue weighted by Gasteiger charge is -2.30. The van der Waals surface area contributed by atoms with Gasteiger partial charge in [0.25, 0.3) is 0 Å². The summed E-state index contributed by atoms with van der Waals surface area (Å²) >= 11 is 0. The molecular weight excluding hydrogens is 143 g/mol. The molecule has 1 heterocycles. The number of halogens is 1. The lowest BCUT2D eigenvalue weighted by Crippen LogP contribution is -2.39. The van der Waals surface area contributed by atoms with Crippen LogP contribution in [0.15, 0.2) is 0 Å². The van der Waals surface area contributed by atoms with Crippen molar-refractivity contribution in [3.05, 3.63) is 0 Å². The van der Waals surface area contributed by atoms with E-state index in [4.69, 9.17) is 5.26 Å². The van der Waals surface area contributed by atoms with Gasteiger partial charge in [-0.1, -0.05) is 0 Å². The fraction of sp³-hybridized carbons (Fsp3) is 0.875. The average Bonchev–Trinajstić information content (AvgIpc) is 1.95. The largest absolute Gasteiger partial charge is 0.303 e. The zero-order chi connectivity index (χ0) is 8.27. The summed E-state index contributed by atoms with van der Waals surface area (Å²) in [6.45, 7) is 1.42. The van der Waals surface area contributed by atoms with Crippen LogP contribution in [0.1, 0.15) is 12.8 Å². The first-order chi connectivity index (χ1) is 5.24. The molecule has 0 aliphatic carbocycles. The van der Waals surface area contributed by atoms with Gasteiger partial charge >= 0.3 is 0 Å². The van der Waals surface area contributed by atoms with Crippen molar-refractivity contribution in [1.82, 2.24) is 4.90 Å². The van der Waals surface area contributed by atoms with E-state index < -0.39 is 6.17 Å². The van der Waals surface area contributed by atoms with Crippen LogP contribution in [-0.4, -0.2) is 31.2 Å². The summed E-state index contributed by atoms with van der Waals surface area (Å²) in [5.41, 5.74) is 0. The number of likely N-dealkylation sites (tertiary alicyclic amines) is 1. The summed E-state index contributed by atoms with van der Waals surface area (Å²) in [6, 6.07) is 2.02. The first-order valence-electron chi connectivity index (χ1n) is 3.93. The lowest BCUT2D eigenvalue weighted by molar-refractivity contribution is 0.105. The van der Waals surface area contributed by atoms with Crippen molar-refractivity contribution in [1.29, 1.82) is 5.26 Å². The normalized spacial score (nSPS) is 33.2. The van der Waals surface area contributed by atoms with Crippen molar-refractivity contribution in [3.8, 4) is 6.07 Å². The van der Waals surface area contributed by atoms with Crippen molar-refractivity contribution in [2.45, 2.75) is 19.0 Å². The number of piperidine rings is 1. The van der Waals surface area contributed by atoms with Gasteiger partial charge in [-0.05, 0) is 20.0 Å². The van der Waals surface area contributed by atoms with E-state index in [1.54, 1.807) is 0 Å². The molecule has 1 saturated heterocycles. The van der Waals surface area contributed by atoms with Gasteiger partial charge in [-0.25, -0.2) is 4.39 Å². The highest BCUT2D eigenvalue weighted by atomic mass is 19.1. The molecule has 0 amide bonds. The zero-order valence-electron chi connectivity index (χ0n) is 6.76. The first-order valence-corrected chi connectivity index (χ1v) is 3.93. The molecule has 0 radical (unpaired) electrons. The standard InChI is InChI=1S/C8H13FN2/c1-11-5-3-7(2-4-10)8(9)6-11/h7-8H,2-3,5-6H2,1H3. The summed E-state index contributed by atoms with van der Waals surface area (Å²) in [6.07, 6.45) is 0.397. The van der Waals surface area contributed by atoms with Crippen LogP contribution in [0.2, 0.25) is 0 Å². The Morgan fingerprint density at radius 1 is 1.73 bits per heavy atom. The van der Waals surface area contributed by atoms with E-state index in [9.17, 15) is 4.39 Å². The topological polar surface area (TPSA) is 27.0 Å². The predicted molar refractivity (Wildman–Crippen MR) is 40.7 cm³/mol. The van der Waals surface area contributed by atoms with Gasteiger partial charge in [-0.3, -0.25) is 0 Å². The number of nitriles is 1. The highest BCUT2D eigenvalue weighted by molar-refractivity contribution is 4.85. The van der Waals surface area contributed by atoms with Gasteiger partial charge in [0.05, 0.1) is 6.07 Å². The second kappa shape index (κ2) is 3.68. The number of alkyl halides is 1. The average molecular weight is 156 g/mol. The molecular formula is C8H13FN2. The molecule has 1 aliphatic heterocycles. The Morgan fingerprint density at radius 3 is 3.00 bits per heavy atom. The number of hydrogen-bond acceptors (Lipinski definition) is 2. The molecule has 1 aliphatic rings. The molecule has 2 unspecified atom stereocenters. The smallest absolute Gasteiger partial charge is 0.117 e. The second-order valence-electron chi connectivity index (χ2n) is 3.19. The van der Waals surface area contributed by atoms with Crippen molar-refractivity contribution < 1.29 is 4.39 Å². The fourth-order valence-corrected chi connectivity index (χ4v) is 1.45. The Labute approximate surface area is 66.6 Å². The van der Waals surface area contributed by atoms with Crippen LogP contribution in [0.25, 0.3) is 0 Å². The summed E-state index contributed by atoms with van der Waals surface area (Å²) in [5, 5.41) is 8.37. The van der Waals surface area contributed by atoms with Crippen LogP contribution in [0.5, 0.6) is 0 Å². The van der Waals surface area contributed by atoms with Crippen molar-refractivity contribution in [2.24, 2.45) is 5.92 Å². The van der Waals surface area contributed by atoms with Gasteiger partial charge in [0.1, 0.15) is 6.17 Å². The quantitative estimate of drug-likeness (QED) is 0.570. The maximum absolute atomic E-state index is 13.1. The van der Waals surface area contributed by atoms with E-state index in [1.807, 2.05) is 18.0 Å². The number of hydrogen-bond donors (Lipinski definition) is 0. The first kappa shape index (κ1) is 8.48. The molecule has 1 fully saturated rings. The van der Waals surface area contributed by atoms with Gasteiger partial charge < -0.3 is 4.90 Å². The van der Waals surface area contributed by atoms with E-state index in [0.29, 0.717) is 13.0 Å². The maximum atomic E-state index is 13.1. The molecule has 0 aromatic heterocycles. The number of rotatable bonds is 1. The molecule has 0 aromatic carbocycles. The summed E-state index contributed by atoms with van der Waals surface area (Å²) in [7, 11) is 1.91. The molecule has 0 saturated carbocycles. The molecule has 2 nitrogen and oxygen atoms in total.